The third-order valence-corrected chi connectivity index (χ3v) is 1.86. The van der Waals surface area contributed by atoms with Crippen LogP contribution < -0.4 is 10.9 Å². The number of rotatable bonds is 4. The molecule has 1 aromatic rings. The molecule has 1 rings (SSSR count). The normalized spacial score (nSPS) is 9.67. The van der Waals surface area contributed by atoms with Gasteiger partial charge in [0.1, 0.15) is 0 Å². The highest BCUT2D eigenvalue weighted by atomic mass is 16.4. The van der Waals surface area contributed by atoms with Gasteiger partial charge in [0.25, 0.3) is 0 Å². The number of nitrogens with two attached hydrogens (primary N) is 1. The van der Waals surface area contributed by atoms with Crippen molar-refractivity contribution in [3.8, 4) is 0 Å². The summed E-state index contributed by atoms with van der Waals surface area (Å²) in [5, 5.41) is 9.36. The van der Waals surface area contributed by atoms with Gasteiger partial charge in [0.05, 0.1) is 12.1 Å². The number of benzene rings is 1. The predicted octanol–water partition coefficient (Wildman–Crippen LogP) is 0.758. The van der Waals surface area contributed by atoms with Gasteiger partial charge in [-0.25, -0.2) is 10.9 Å². The largest absolute Gasteiger partial charge is 0.481 e. The monoisotopic (exact) mass is 208 g/mol. The number of hydrogen-bond acceptors (Lipinski definition) is 3. The van der Waals surface area contributed by atoms with E-state index in [-0.39, 0.29) is 12.8 Å². The van der Waals surface area contributed by atoms with E-state index in [4.69, 9.17) is 10.9 Å². The maximum Gasteiger partial charge on any atom is 0.303 e. The first kappa shape index (κ1) is 11.2. The number of nitrogens with zero attached hydrogens (tertiary/aromatic N) is 1. The van der Waals surface area contributed by atoms with E-state index in [0.29, 0.717) is 5.69 Å². The van der Waals surface area contributed by atoms with Gasteiger partial charge in [-0.2, -0.15) is 0 Å². The quantitative estimate of drug-likeness (QED) is 0.434. The molecule has 0 radical (unpaired) electrons. The first-order valence-electron chi connectivity index (χ1n) is 4.46. The van der Waals surface area contributed by atoms with Gasteiger partial charge >= 0.3 is 5.97 Å². The van der Waals surface area contributed by atoms with Crippen LogP contribution in [0.5, 0.6) is 0 Å². The Morgan fingerprint density at radius 3 is 2.33 bits per heavy atom. The second-order valence-electron chi connectivity index (χ2n) is 2.99. The molecule has 15 heavy (non-hydrogen) atoms. The Morgan fingerprint density at radius 1 is 1.20 bits per heavy atom. The lowest BCUT2D eigenvalue weighted by molar-refractivity contribution is -0.138. The van der Waals surface area contributed by atoms with E-state index in [2.05, 4.69) is 0 Å². The fraction of sp³-hybridized carbons (Fsp3) is 0.200. The average Bonchev–Trinajstić information content (AvgIpc) is 2.26. The molecule has 1 aromatic carbocycles. The molecular weight excluding hydrogens is 196 g/mol. The number of carboxylic acid groups (broad SMARTS) is 1. The third kappa shape index (κ3) is 3.40. The molecule has 0 bridgehead atoms. The van der Waals surface area contributed by atoms with E-state index in [1.54, 1.807) is 30.3 Å². The molecule has 0 unspecified atom stereocenters. The molecule has 0 atom stereocenters. The van der Waals surface area contributed by atoms with Gasteiger partial charge < -0.3 is 5.11 Å². The Bertz CT molecular complexity index is 351. The number of anilines is 1. The number of hydrazine groups is 1. The van der Waals surface area contributed by atoms with Crippen molar-refractivity contribution >= 4 is 17.6 Å². The number of carbonyl (C=O) groups excluding carboxylic acids is 1. The lowest BCUT2D eigenvalue weighted by Gasteiger charge is -2.15. The maximum atomic E-state index is 11.4. The molecule has 0 fully saturated rings. The van der Waals surface area contributed by atoms with Crippen molar-refractivity contribution < 1.29 is 14.7 Å². The van der Waals surface area contributed by atoms with E-state index in [0.717, 1.165) is 5.01 Å². The summed E-state index contributed by atoms with van der Waals surface area (Å²) in [7, 11) is 0. The molecule has 5 heteroatoms. The van der Waals surface area contributed by atoms with E-state index in [9.17, 15) is 9.59 Å². The third-order valence-electron chi connectivity index (χ3n) is 1.86. The van der Waals surface area contributed by atoms with Crippen LogP contribution in [-0.2, 0) is 9.59 Å². The van der Waals surface area contributed by atoms with Crippen molar-refractivity contribution in [3.05, 3.63) is 30.3 Å². The zero-order valence-corrected chi connectivity index (χ0v) is 8.09. The van der Waals surface area contributed by atoms with Crippen LogP contribution >= 0.6 is 0 Å². The van der Waals surface area contributed by atoms with Gasteiger partial charge in [0.2, 0.25) is 5.91 Å². The van der Waals surface area contributed by atoms with Crippen LogP contribution in [0.15, 0.2) is 30.3 Å². The molecule has 0 heterocycles. The predicted molar refractivity (Wildman–Crippen MR) is 55.0 cm³/mol. The summed E-state index contributed by atoms with van der Waals surface area (Å²) in [6, 6.07) is 8.66. The molecule has 1 amide bonds. The zero-order chi connectivity index (χ0) is 11.3. The molecule has 80 valence electrons. The van der Waals surface area contributed by atoms with Gasteiger partial charge in [0, 0.05) is 6.42 Å². The van der Waals surface area contributed by atoms with Crippen LogP contribution in [0.1, 0.15) is 12.8 Å². The fourth-order valence-corrected chi connectivity index (χ4v) is 1.07. The Hall–Kier alpha value is -1.88. The Labute approximate surface area is 87.1 Å². The van der Waals surface area contributed by atoms with Crippen molar-refractivity contribution in [2.75, 3.05) is 5.01 Å². The van der Waals surface area contributed by atoms with Gasteiger partial charge in [-0.3, -0.25) is 9.59 Å². The van der Waals surface area contributed by atoms with Crippen molar-refractivity contribution in [3.63, 3.8) is 0 Å². The van der Waals surface area contributed by atoms with Crippen LogP contribution in [0.25, 0.3) is 0 Å². The summed E-state index contributed by atoms with van der Waals surface area (Å²) in [6.07, 6.45) is -0.305. The van der Waals surface area contributed by atoms with Crippen molar-refractivity contribution in [1.29, 1.82) is 0 Å². The van der Waals surface area contributed by atoms with Gasteiger partial charge in [-0.15, -0.1) is 0 Å². The van der Waals surface area contributed by atoms with Crippen LogP contribution in [0.4, 0.5) is 5.69 Å². The second kappa shape index (κ2) is 5.11. The maximum absolute atomic E-state index is 11.4. The number of carboxylic acids is 1. The Balaban J connectivity index is 2.57. The first-order valence-corrected chi connectivity index (χ1v) is 4.46. The summed E-state index contributed by atoms with van der Waals surface area (Å²) in [6.45, 7) is 0. The lowest BCUT2D eigenvalue weighted by Crippen LogP contribution is -2.37. The van der Waals surface area contributed by atoms with Crippen molar-refractivity contribution in [2.45, 2.75) is 12.8 Å². The Kier molecular flexibility index (Phi) is 3.82. The van der Waals surface area contributed by atoms with E-state index < -0.39 is 11.9 Å². The highest BCUT2D eigenvalue weighted by Crippen LogP contribution is 2.10. The molecule has 0 aliphatic rings. The number of para-hydroxylation sites is 1. The highest BCUT2D eigenvalue weighted by molar-refractivity contribution is 5.93. The van der Waals surface area contributed by atoms with Crippen molar-refractivity contribution in [1.82, 2.24) is 0 Å². The van der Waals surface area contributed by atoms with Crippen LogP contribution in [0.2, 0.25) is 0 Å². The lowest BCUT2D eigenvalue weighted by atomic mass is 10.2. The minimum Gasteiger partial charge on any atom is -0.481 e. The minimum absolute atomic E-state index is 0.0965. The number of amides is 1. The average molecular weight is 208 g/mol. The summed E-state index contributed by atoms with van der Waals surface area (Å²) in [5.41, 5.74) is 0.549. The molecule has 0 saturated heterocycles. The summed E-state index contributed by atoms with van der Waals surface area (Å²) in [5.74, 6) is 4.09. The number of carbonyl (C=O) groups is 2. The molecule has 0 saturated carbocycles. The second-order valence-corrected chi connectivity index (χ2v) is 2.99. The zero-order valence-electron chi connectivity index (χ0n) is 8.09. The molecule has 0 spiro atoms. The van der Waals surface area contributed by atoms with Crippen molar-refractivity contribution in [2.24, 2.45) is 5.84 Å². The van der Waals surface area contributed by atoms with Gasteiger partial charge in [0.15, 0.2) is 0 Å². The fourth-order valence-electron chi connectivity index (χ4n) is 1.07. The van der Waals surface area contributed by atoms with Crippen LogP contribution in [-0.4, -0.2) is 17.0 Å². The SMILES string of the molecule is NN(C(=O)CCC(=O)O)c1ccccc1. The summed E-state index contributed by atoms with van der Waals surface area (Å²) < 4.78 is 0. The summed E-state index contributed by atoms with van der Waals surface area (Å²) >= 11 is 0. The van der Waals surface area contributed by atoms with E-state index >= 15 is 0 Å². The smallest absolute Gasteiger partial charge is 0.303 e. The highest BCUT2D eigenvalue weighted by Gasteiger charge is 2.12. The number of aliphatic carboxylic acids is 1. The van der Waals surface area contributed by atoms with Gasteiger partial charge in [-0.05, 0) is 12.1 Å². The van der Waals surface area contributed by atoms with E-state index in [1.165, 1.54) is 0 Å². The topological polar surface area (TPSA) is 83.6 Å². The standard InChI is InChI=1S/C10H12N2O3/c11-12(8-4-2-1-3-5-8)9(13)6-7-10(14)15/h1-5H,6-7,11H2,(H,14,15). The molecule has 3 N–H and O–H groups in total. The number of hydrogen-bond donors (Lipinski definition) is 2. The molecule has 0 aliphatic carbocycles. The van der Waals surface area contributed by atoms with Crippen LogP contribution in [0, 0.1) is 0 Å². The molecule has 5 nitrogen and oxygen atoms in total. The van der Waals surface area contributed by atoms with E-state index in [1.807, 2.05) is 0 Å². The molecule has 0 aliphatic heterocycles. The minimum atomic E-state index is -1.01. The molecular formula is C10H12N2O3. The van der Waals surface area contributed by atoms with Crippen LogP contribution in [0.3, 0.4) is 0 Å². The summed E-state index contributed by atoms with van der Waals surface area (Å²) in [4.78, 5) is 21.6. The van der Waals surface area contributed by atoms with Gasteiger partial charge in [-0.1, -0.05) is 18.2 Å². The molecule has 0 aromatic heterocycles. The first-order chi connectivity index (χ1) is 7.11. The Morgan fingerprint density at radius 2 is 1.80 bits per heavy atom.